The van der Waals surface area contributed by atoms with Crippen LogP contribution in [-0.2, 0) is 10.2 Å². The van der Waals surface area contributed by atoms with Gasteiger partial charge in [-0.2, -0.15) is 0 Å². The minimum atomic E-state index is -0.983. The second kappa shape index (κ2) is 8.35. The molecule has 114 valence electrons. The molecule has 0 unspecified atom stereocenters. The Kier molecular flexibility index (Phi) is 7.13. The van der Waals surface area contributed by atoms with Crippen molar-refractivity contribution in [3.8, 4) is 0 Å². The van der Waals surface area contributed by atoms with Gasteiger partial charge in [0.25, 0.3) is 0 Å². The molecule has 1 aromatic rings. The molecule has 0 bridgehead atoms. The Morgan fingerprint density at radius 3 is 2.35 bits per heavy atom. The Bertz CT molecular complexity index is 389. The van der Waals surface area contributed by atoms with Crippen LogP contribution >= 0.6 is 0 Å². The van der Waals surface area contributed by atoms with Crippen LogP contribution in [-0.4, -0.2) is 36.6 Å². The number of halogens is 1. The molecule has 0 atom stereocenters. The van der Waals surface area contributed by atoms with E-state index >= 15 is 0 Å². The van der Waals surface area contributed by atoms with Crippen molar-refractivity contribution in [2.45, 2.75) is 32.1 Å². The average molecular weight is 284 g/mol. The highest BCUT2D eigenvalue weighted by atomic mass is 19.1. The van der Waals surface area contributed by atoms with Gasteiger partial charge in [-0.25, -0.2) is 4.39 Å². The lowest BCUT2D eigenvalue weighted by Crippen LogP contribution is -2.37. The Labute approximate surface area is 120 Å². The highest BCUT2D eigenvalue weighted by molar-refractivity contribution is 5.27. The van der Waals surface area contributed by atoms with Crippen molar-refractivity contribution in [2.75, 3.05) is 26.4 Å². The fourth-order valence-electron chi connectivity index (χ4n) is 2.09. The summed E-state index contributed by atoms with van der Waals surface area (Å²) in [5, 5.41) is 19.2. The van der Waals surface area contributed by atoms with E-state index in [2.05, 4.69) is 13.8 Å². The van der Waals surface area contributed by atoms with Gasteiger partial charge in [0.1, 0.15) is 5.82 Å². The summed E-state index contributed by atoms with van der Waals surface area (Å²) in [6, 6.07) is 6.25. The Morgan fingerprint density at radius 1 is 1.15 bits per heavy atom. The Hall–Kier alpha value is -0.970. The van der Waals surface area contributed by atoms with Gasteiger partial charge < -0.3 is 14.9 Å². The van der Waals surface area contributed by atoms with E-state index in [0.29, 0.717) is 31.1 Å². The van der Waals surface area contributed by atoms with Crippen LogP contribution in [0.5, 0.6) is 0 Å². The van der Waals surface area contributed by atoms with Crippen LogP contribution in [0.3, 0.4) is 0 Å². The molecule has 0 aliphatic heterocycles. The summed E-state index contributed by atoms with van der Waals surface area (Å²) in [5.74, 6) is 0.166. The Balaban J connectivity index is 2.66. The van der Waals surface area contributed by atoms with Crippen molar-refractivity contribution in [1.29, 1.82) is 0 Å². The highest BCUT2D eigenvalue weighted by Crippen LogP contribution is 2.29. The molecule has 2 N–H and O–H groups in total. The summed E-state index contributed by atoms with van der Waals surface area (Å²) in [5.41, 5.74) is -0.638. The monoisotopic (exact) mass is 284 g/mol. The third kappa shape index (κ3) is 4.54. The molecular formula is C16H25FO3. The van der Waals surface area contributed by atoms with Gasteiger partial charge >= 0.3 is 0 Å². The zero-order valence-corrected chi connectivity index (χ0v) is 12.3. The van der Waals surface area contributed by atoms with Crippen LogP contribution in [0.2, 0.25) is 0 Å². The topological polar surface area (TPSA) is 49.7 Å². The van der Waals surface area contributed by atoms with Crippen LogP contribution in [0.4, 0.5) is 4.39 Å². The number of aliphatic hydroxyl groups is 2. The molecule has 0 amide bonds. The third-order valence-electron chi connectivity index (χ3n) is 3.62. The molecule has 20 heavy (non-hydrogen) atoms. The molecule has 0 heterocycles. The first-order chi connectivity index (χ1) is 9.55. The minimum absolute atomic E-state index is 0.308. The molecule has 1 aromatic carbocycles. The van der Waals surface area contributed by atoms with E-state index in [0.717, 1.165) is 6.42 Å². The predicted molar refractivity (Wildman–Crippen MR) is 77.1 cm³/mol. The third-order valence-corrected chi connectivity index (χ3v) is 3.62. The van der Waals surface area contributed by atoms with Gasteiger partial charge in [0.05, 0.1) is 13.2 Å². The van der Waals surface area contributed by atoms with E-state index in [1.807, 2.05) is 0 Å². The van der Waals surface area contributed by atoms with E-state index in [4.69, 9.17) is 4.74 Å². The van der Waals surface area contributed by atoms with Crippen LogP contribution in [0.1, 0.15) is 32.3 Å². The minimum Gasteiger partial charge on any atom is -0.395 e. The molecule has 0 spiro atoms. The van der Waals surface area contributed by atoms with Gasteiger partial charge in [-0.05, 0) is 30.4 Å². The summed E-state index contributed by atoms with van der Waals surface area (Å²) in [6.45, 7) is 4.66. The van der Waals surface area contributed by atoms with E-state index in [9.17, 15) is 14.6 Å². The largest absolute Gasteiger partial charge is 0.395 e. The van der Waals surface area contributed by atoms with Crippen molar-refractivity contribution >= 4 is 0 Å². The molecule has 0 aliphatic rings. The predicted octanol–water partition coefficient (Wildman–Crippen LogP) is 2.50. The van der Waals surface area contributed by atoms with E-state index in [1.165, 1.54) is 6.07 Å². The second-order valence-electron chi connectivity index (χ2n) is 5.62. The molecule has 4 heteroatoms. The zero-order chi connectivity index (χ0) is 15.0. The van der Waals surface area contributed by atoms with Crippen LogP contribution in [0.25, 0.3) is 0 Å². The summed E-state index contributed by atoms with van der Waals surface area (Å²) < 4.78 is 19.4. The van der Waals surface area contributed by atoms with Gasteiger partial charge in [-0.1, -0.05) is 32.0 Å². The lowest BCUT2D eigenvalue weighted by Gasteiger charge is -2.30. The van der Waals surface area contributed by atoms with Gasteiger partial charge in [0.2, 0.25) is 0 Å². The summed E-state index contributed by atoms with van der Waals surface area (Å²) >= 11 is 0. The number of rotatable bonds is 9. The maximum Gasteiger partial charge on any atom is 0.127 e. The number of hydrogen-bond acceptors (Lipinski definition) is 3. The van der Waals surface area contributed by atoms with Gasteiger partial charge in [-0.15, -0.1) is 0 Å². The first-order valence-corrected chi connectivity index (χ1v) is 7.10. The number of aliphatic hydroxyl groups excluding tert-OH is 2. The van der Waals surface area contributed by atoms with Crippen molar-refractivity contribution in [2.24, 2.45) is 5.92 Å². The number of hydrogen-bond donors (Lipinski definition) is 2. The SMILES string of the molecule is CC(C)CCOCCC(CO)(CO)c1ccccc1F. The summed E-state index contributed by atoms with van der Waals surface area (Å²) in [7, 11) is 0. The normalized spacial score (nSPS) is 12.1. The quantitative estimate of drug-likeness (QED) is 0.685. The second-order valence-corrected chi connectivity index (χ2v) is 5.62. The maximum atomic E-state index is 13.9. The van der Waals surface area contributed by atoms with Gasteiger partial charge in [-0.3, -0.25) is 0 Å². The molecular weight excluding hydrogens is 259 g/mol. The standard InChI is InChI=1S/C16H25FO3/c1-13(2)7-9-20-10-8-16(11-18,12-19)14-5-3-4-6-15(14)17/h3-6,13,18-19H,7-12H2,1-2H3. The first-order valence-electron chi connectivity index (χ1n) is 7.10. The molecule has 0 aromatic heterocycles. The van der Waals surface area contributed by atoms with Gasteiger partial charge in [0, 0.05) is 18.6 Å². The number of benzene rings is 1. The fraction of sp³-hybridized carbons (Fsp3) is 0.625. The fourth-order valence-corrected chi connectivity index (χ4v) is 2.09. The van der Waals surface area contributed by atoms with E-state index in [-0.39, 0.29) is 13.2 Å². The smallest absolute Gasteiger partial charge is 0.127 e. The lowest BCUT2D eigenvalue weighted by atomic mass is 9.79. The molecule has 0 saturated carbocycles. The highest BCUT2D eigenvalue weighted by Gasteiger charge is 2.33. The van der Waals surface area contributed by atoms with Crippen molar-refractivity contribution in [3.63, 3.8) is 0 Å². The molecule has 0 saturated heterocycles. The van der Waals surface area contributed by atoms with Crippen LogP contribution in [0.15, 0.2) is 24.3 Å². The molecule has 1 rings (SSSR count). The zero-order valence-electron chi connectivity index (χ0n) is 12.3. The lowest BCUT2D eigenvalue weighted by molar-refractivity contribution is 0.0575. The molecule has 0 fully saturated rings. The first kappa shape index (κ1) is 17.1. The molecule has 0 aliphatic carbocycles. The van der Waals surface area contributed by atoms with E-state index < -0.39 is 11.2 Å². The number of ether oxygens (including phenoxy) is 1. The summed E-state index contributed by atoms with van der Waals surface area (Å²) in [6.07, 6.45) is 1.35. The average Bonchev–Trinajstić information content (AvgIpc) is 2.44. The van der Waals surface area contributed by atoms with Crippen molar-refractivity contribution in [1.82, 2.24) is 0 Å². The summed E-state index contributed by atoms with van der Waals surface area (Å²) in [4.78, 5) is 0. The molecule has 3 nitrogen and oxygen atoms in total. The Morgan fingerprint density at radius 2 is 1.80 bits per heavy atom. The van der Waals surface area contributed by atoms with Crippen LogP contribution < -0.4 is 0 Å². The molecule has 0 radical (unpaired) electrons. The van der Waals surface area contributed by atoms with Crippen molar-refractivity contribution in [3.05, 3.63) is 35.6 Å². The van der Waals surface area contributed by atoms with Gasteiger partial charge in [0.15, 0.2) is 0 Å². The van der Waals surface area contributed by atoms with E-state index in [1.54, 1.807) is 18.2 Å². The maximum absolute atomic E-state index is 13.9. The van der Waals surface area contributed by atoms with Crippen molar-refractivity contribution < 1.29 is 19.3 Å². The van der Waals surface area contributed by atoms with Crippen LogP contribution in [0, 0.1) is 11.7 Å².